The second-order valence-electron chi connectivity index (χ2n) is 7.92. The first kappa shape index (κ1) is 21.1. The first-order valence-corrected chi connectivity index (χ1v) is 12.2. The standard InChI is InChI=1S/C21H32N2O4S/c1-3-27-19-10-8-17(9-11-19)6-7-18-12-15-22(16-13-18)21(24)20-5-4-14-23(20)28(2,25)26/h8-11,18,20H,3-7,12-16H2,1-2H3. The van der Waals surface area contributed by atoms with Gasteiger partial charge in [0.2, 0.25) is 15.9 Å². The summed E-state index contributed by atoms with van der Waals surface area (Å²) in [5.74, 6) is 1.52. The van der Waals surface area contributed by atoms with Crippen LogP contribution in [0.1, 0.15) is 44.6 Å². The van der Waals surface area contributed by atoms with E-state index >= 15 is 0 Å². The molecule has 6 nitrogen and oxygen atoms in total. The highest BCUT2D eigenvalue weighted by atomic mass is 32.2. The first-order valence-electron chi connectivity index (χ1n) is 10.4. The van der Waals surface area contributed by atoms with E-state index in [9.17, 15) is 13.2 Å². The minimum Gasteiger partial charge on any atom is -0.494 e. The third-order valence-electron chi connectivity index (χ3n) is 5.92. The maximum Gasteiger partial charge on any atom is 0.241 e. The number of piperidine rings is 1. The van der Waals surface area contributed by atoms with Gasteiger partial charge in [-0.1, -0.05) is 12.1 Å². The van der Waals surface area contributed by atoms with Crippen LogP contribution in [0.5, 0.6) is 5.75 Å². The molecular weight excluding hydrogens is 376 g/mol. The number of amides is 1. The zero-order chi connectivity index (χ0) is 20.1. The molecule has 0 saturated carbocycles. The largest absolute Gasteiger partial charge is 0.494 e. The molecule has 0 bridgehead atoms. The number of carbonyl (C=O) groups excluding carboxylic acids is 1. The zero-order valence-corrected chi connectivity index (χ0v) is 17.8. The molecule has 2 fully saturated rings. The van der Waals surface area contributed by atoms with Crippen LogP contribution >= 0.6 is 0 Å². The van der Waals surface area contributed by atoms with Gasteiger partial charge >= 0.3 is 0 Å². The number of benzene rings is 1. The van der Waals surface area contributed by atoms with Gasteiger partial charge in [0.15, 0.2) is 0 Å². The van der Waals surface area contributed by atoms with Gasteiger partial charge in [-0.15, -0.1) is 0 Å². The highest BCUT2D eigenvalue weighted by Crippen LogP contribution is 2.27. The van der Waals surface area contributed by atoms with Gasteiger partial charge in [-0.05, 0) is 69.1 Å². The molecule has 156 valence electrons. The van der Waals surface area contributed by atoms with Crippen molar-refractivity contribution in [2.75, 3.05) is 32.5 Å². The second kappa shape index (κ2) is 9.27. The summed E-state index contributed by atoms with van der Waals surface area (Å²) in [7, 11) is -3.32. The fourth-order valence-corrected chi connectivity index (χ4v) is 5.45. The van der Waals surface area contributed by atoms with Gasteiger partial charge in [-0.3, -0.25) is 4.79 Å². The predicted molar refractivity (Wildman–Crippen MR) is 110 cm³/mol. The summed E-state index contributed by atoms with van der Waals surface area (Å²) in [6, 6.07) is 7.81. The smallest absolute Gasteiger partial charge is 0.241 e. The lowest BCUT2D eigenvalue weighted by molar-refractivity contribution is -0.136. The van der Waals surface area contributed by atoms with Crippen LogP contribution in [0.25, 0.3) is 0 Å². The quantitative estimate of drug-likeness (QED) is 0.696. The van der Waals surface area contributed by atoms with E-state index in [1.807, 2.05) is 24.0 Å². The third-order valence-corrected chi connectivity index (χ3v) is 7.21. The number of ether oxygens (including phenoxy) is 1. The molecular formula is C21H32N2O4S. The van der Waals surface area contributed by atoms with Crippen molar-refractivity contribution in [2.45, 2.75) is 51.5 Å². The molecule has 1 unspecified atom stereocenters. The first-order chi connectivity index (χ1) is 13.4. The fourth-order valence-electron chi connectivity index (χ4n) is 4.33. The molecule has 0 N–H and O–H groups in total. The van der Waals surface area contributed by atoms with E-state index in [-0.39, 0.29) is 5.91 Å². The van der Waals surface area contributed by atoms with Crippen LogP contribution in [0.2, 0.25) is 0 Å². The van der Waals surface area contributed by atoms with Gasteiger partial charge in [0.05, 0.1) is 12.9 Å². The summed E-state index contributed by atoms with van der Waals surface area (Å²) < 4.78 is 30.7. The van der Waals surface area contributed by atoms with Gasteiger partial charge in [0, 0.05) is 19.6 Å². The zero-order valence-electron chi connectivity index (χ0n) is 17.0. The molecule has 1 atom stereocenters. The van der Waals surface area contributed by atoms with Crippen LogP contribution in [0.15, 0.2) is 24.3 Å². The van der Waals surface area contributed by atoms with Gasteiger partial charge in [-0.25, -0.2) is 8.42 Å². The topological polar surface area (TPSA) is 66.9 Å². The van der Waals surface area contributed by atoms with E-state index in [0.717, 1.165) is 50.9 Å². The van der Waals surface area contributed by atoms with Crippen LogP contribution in [-0.4, -0.2) is 62.1 Å². The van der Waals surface area contributed by atoms with Crippen molar-refractivity contribution < 1.29 is 17.9 Å². The molecule has 1 aromatic rings. The lowest BCUT2D eigenvalue weighted by atomic mass is 9.90. The molecule has 2 heterocycles. The van der Waals surface area contributed by atoms with Gasteiger partial charge in [0.1, 0.15) is 11.8 Å². The Kier molecular flexibility index (Phi) is 6.99. The van der Waals surface area contributed by atoms with E-state index < -0.39 is 16.1 Å². The number of hydrogen-bond donors (Lipinski definition) is 0. The molecule has 0 aromatic heterocycles. The molecule has 2 aliphatic rings. The van der Waals surface area contributed by atoms with E-state index in [4.69, 9.17) is 4.74 Å². The monoisotopic (exact) mass is 408 g/mol. The van der Waals surface area contributed by atoms with Gasteiger partial charge in [-0.2, -0.15) is 4.31 Å². The number of likely N-dealkylation sites (tertiary alicyclic amines) is 1. The molecule has 0 spiro atoms. The molecule has 7 heteroatoms. The average Bonchev–Trinajstić information content (AvgIpc) is 3.18. The van der Waals surface area contributed by atoms with Crippen LogP contribution < -0.4 is 4.74 Å². The molecule has 0 aliphatic carbocycles. The minimum atomic E-state index is -3.32. The summed E-state index contributed by atoms with van der Waals surface area (Å²) in [4.78, 5) is 14.7. The summed E-state index contributed by atoms with van der Waals surface area (Å²) >= 11 is 0. The van der Waals surface area contributed by atoms with Crippen molar-refractivity contribution in [3.05, 3.63) is 29.8 Å². The fraction of sp³-hybridized carbons (Fsp3) is 0.667. The lowest BCUT2D eigenvalue weighted by Crippen LogP contribution is -2.49. The molecule has 0 radical (unpaired) electrons. The maximum absolute atomic E-state index is 12.8. The SMILES string of the molecule is CCOc1ccc(CCC2CCN(C(=O)C3CCCN3S(C)(=O)=O)CC2)cc1. The van der Waals surface area contributed by atoms with Crippen LogP contribution in [0.3, 0.4) is 0 Å². The molecule has 1 aromatic carbocycles. The Bertz CT molecular complexity index is 755. The van der Waals surface area contributed by atoms with E-state index in [2.05, 4.69) is 12.1 Å². The molecule has 3 rings (SSSR count). The van der Waals surface area contributed by atoms with Crippen molar-refractivity contribution in [2.24, 2.45) is 5.92 Å². The Morgan fingerprint density at radius 1 is 1.11 bits per heavy atom. The molecule has 2 saturated heterocycles. The van der Waals surface area contributed by atoms with Gasteiger partial charge in [0.25, 0.3) is 0 Å². The Morgan fingerprint density at radius 3 is 2.39 bits per heavy atom. The number of nitrogens with zero attached hydrogens (tertiary/aromatic N) is 2. The average molecular weight is 409 g/mol. The number of rotatable bonds is 7. The Morgan fingerprint density at radius 2 is 1.79 bits per heavy atom. The summed E-state index contributed by atoms with van der Waals surface area (Å²) in [6.07, 6.45) is 6.75. The molecule has 2 aliphatic heterocycles. The van der Waals surface area contributed by atoms with Crippen LogP contribution in [0, 0.1) is 5.92 Å². The normalized spacial score (nSPS) is 21.8. The summed E-state index contributed by atoms with van der Waals surface area (Å²) in [5, 5.41) is 0. The van der Waals surface area contributed by atoms with Crippen molar-refractivity contribution in [3.63, 3.8) is 0 Å². The maximum atomic E-state index is 12.8. The number of carbonyl (C=O) groups is 1. The van der Waals surface area contributed by atoms with Crippen molar-refractivity contribution in [1.29, 1.82) is 0 Å². The minimum absolute atomic E-state index is 0.00659. The predicted octanol–water partition coefficient (Wildman–Crippen LogP) is 2.68. The summed E-state index contributed by atoms with van der Waals surface area (Å²) in [6.45, 7) is 4.60. The summed E-state index contributed by atoms with van der Waals surface area (Å²) in [5.41, 5.74) is 1.32. The van der Waals surface area contributed by atoms with E-state index in [1.165, 1.54) is 16.1 Å². The van der Waals surface area contributed by atoms with Crippen molar-refractivity contribution in [3.8, 4) is 5.75 Å². The Balaban J connectivity index is 1.46. The van der Waals surface area contributed by atoms with E-state index in [1.54, 1.807) is 0 Å². The lowest BCUT2D eigenvalue weighted by Gasteiger charge is -2.35. The van der Waals surface area contributed by atoms with Crippen LogP contribution in [0.4, 0.5) is 0 Å². The Hall–Kier alpha value is -1.60. The number of hydrogen-bond acceptors (Lipinski definition) is 4. The Labute approximate surface area is 168 Å². The highest BCUT2D eigenvalue weighted by Gasteiger charge is 2.39. The number of sulfonamides is 1. The molecule has 1 amide bonds. The third kappa shape index (κ3) is 5.26. The van der Waals surface area contributed by atoms with Crippen molar-refractivity contribution in [1.82, 2.24) is 9.21 Å². The van der Waals surface area contributed by atoms with Gasteiger partial charge < -0.3 is 9.64 Å². The second-order valence-corrected chi connectivity index (χ2v) is 9.85. The van der Waals surface area contributed by atoms with E-state index in [0.29, 0.717) is 25.5 Å². The van der Waals surface area contributed by atoms with Crippen molar-refractivity contribution >= 4 is 15.9 Å². The highest BCUT2D eigenvalue weighted by molar-refractivity contribution is 7.88. The van der Waals surface area contributed by atoms with Crippen LogP contribution in [-0.2, 0) is 21.2 Å². The number of aryl methyl sites for hydroxylation is 1. The molecule has 28 heavy (non-hydrogen) atoms.